The summed E-state index contributed by atoms with van der Waals surface area (Å²) in [6.45, 7) is 6.31. The maximum atomic E-state index is 13.0. The molecule has 0 spiro atoms. The summed E-state index contributed by atoms with van der Waals surface area (Å²) in [6.07, 6.45) is 3.59. The third-order valence-electron chi connectivity index (χ3n) is 7.00. The molecule has 1 amide bonds. The molecule has 2 N–H and O–H groups in total. The van der Waals surface area contributed by atoms with Crippen LogP contribution in [-0.4, -0.2) is 80.5 Å². The van der Waals surface area contributed by atoms with E-state index in [4.69, 9.17) is 33.3 Å². The number of rotatable bonds is 5. The zero-order valence-corrected chi connectivity index (χ0v) is 21.3. The quantitative estimate of drug-likeness (QED) is 0.536. The van der Waals surface area contributed by atoms with Crippen LogP contribution in [0, 0.1) is 6.92 Å². The number of hydrogen-bond acceptors (Lipinski definition) is 7. The Morgan fingerprint density at radius 2 is 2.14 bits per heavy atom. The van der Waals surface area contributed by atoms with Crippen LogP contribution in [0.1, 0.15) is 37.1 Å². The van der Waals surface area contributed by atoms with Crippen molar-refractivity contribution in [3.05, 3.63) is 45.7 Å². The fourth-order valence-corrected chi connectivity index (χ4v) is 5.61. The lowest BCUT2D eigenvalue weighted by atomic mass is 10.1. The van der Waals surface area contributed by atoms with Gasteiger partial charge < -0.3 is 20.2 Å². The van der Waals surface area contributed by atoms with Crippen LogP contribution < -0.4 is 10.2 Å². The molecule has 4 heterocycles. The molecule has 2 saturated heterocycles. The van der Waals surface area contributed by atoms with Gasteiger partial charge in [-0.2, -0.15) is 5.10 Å². The molecule has 0 aliphatic carbocycles. The molecule has 5 rings (SSSR count). The van der Waals surface area contributed by atoms with E-state index in [1.54, 1.807) is 12.3 Å². The SMILES string of the molecule is Cc1nn(C(C)c2ccc(Cl)cc2Cl)c2nc(N3CCN(C(=O)C4CCCN4)C(CO)C3)cnc12. The van der Waals surface area contributed by atoms with Gasteiger partial charge in [0.15, 0.2) is 5.65 Å². The van der Waals surface area contributed by atoms with Gasteiger partial charge in [0.1, 0.15) is 11.3 Å². The minimum atomic E-state index is -0.297. The fourth-order valence-electron chi connectivity index (χ4n) is 5.04. The third-order valence-corrected chi connectivity index (χ3v) is 7.56. The van der Waals surface area contributed by atoms with Crippen molar-refractivity contribution in [1.29, 1.82) is 0 Å². The van der Waals surface area contributed by atoms with Gasteiger partial charge in [0.2, 0.25) is 5.91 Å². The molecule has 2 aromatic heterocycles. The molecular weight excluding hydrogens is 489 g/mol. The van der Waals surface area contributed by atoms with Gasteiger partial charge in [-0.15, -0.1) is 0 Å². The highest BCUT2D eigenvalue weighted by atomic mass is 35.5. The highest BCUT2D eigenvalue weighted by Gasteiger charge is 2.35. The first-order valence-electron chi connectivity index (χ1n) is 11.9. The third kappa shape index (κ3) is 4.58. The second kappa shape index (κ2) is 9.89. The monoisotopic (exact) mass is 517 g/mol. The Balaban J connectivity index is 1.42. The molecule has 2 fully saturated rings. The van der Waals surface area contributed by atoms with Crippen LogP contribution in [0.2, 0.25) is 10.0 Å². The number of halogens is 2. The maximum Gasteiger partial charge on any atom is 0.240 e. The van der Waals surface area contributed by atoms with Crippen molar-refractivity contribution in [2.24, 2.45) is 0 Å². The Kier molecular flexibility index (Phi) is 6.85. The van der Waals surface area contributed by atoms with Gasteiger partial charge in [-0.05, 0) is 50.9 Å². The minimum absolute atomic E-state index is 0.0742. The van der Waals surface area contributed by atoms with Crippen molar-refractivity contribution in [3.63, 3.8) is 0 Å². The van der Waals surface area contributed by atoms with E-state index in [1.807, 2.05) is 35.6 Å². The van der Waals surface area contributed by atoms with Crippen molar-refractivity contribution in [1.82, 2.24) is 30.0 Å². The molecule has 1 aromatic carbocycles. The lowest BCUT2D eigenvalue weighted by molar-refractivity contribution is -0.136. The van der Waals surface area contributed by atoms with E-state index in [0.717, 1.165) is 36.2 Å². The van der Waals surface area contributed by atoms with Crippen molar-refractivity contribution in [3.8, 4) is 0 Å². The summed E-state index contributed by atoms with van der Waals surface area (Å²) in [5.41, 5.74) is 3.06. The first-order chi connectivity index (χ1) is 16.9. The van der Waals surface area contributed by atoms with E-state index >= 15 is 0 Å². The highest BCUT2D eigenvalue weighted by Crippen LogP contribution is 2.31. The number of aromatic nitrogens is 4. The van der Waals surface area contributed by atoms with Crippen molar-refractivity contribution in [2.75, 3.05) is 37.7 Å². The van der Waals surface area contributed by atoms with E-state index < -0.39 is 0 Å². The molecule has 9 nitrogen and oxygen atoms in total. The number of piperazine rings is 1. The Hall–Kier alpha value is -2.46. The maximum absolute atomic E-state index is 13.0. The molecule has 3 atom stereocenters. The topological polar surface area (TPSA) is 99.4 Å². The number of nitrogens with one attached hydrogen (secondary N) is 1. The predicted molar refractivity (Wildman–Crippen MR) is 136 cm³/mol. The van der Waals surface area contributed by atoms with Crippen molar-refractivity contribution < 1.29 is 9.90 Å². The van der Waals surface area contributed by atoms with Crippen LogP contribution in [0.25, 0.3) is 11.2 Å². The van der Waals surface area contributed by atoms with Crippen molar-refractivity contribution >= 4 is 46.1 Å². The van der Waals surface area contributed by atoms with E-state index in [9.17, 15) is 9.90 Å². The van der Waals surface area contributed by atoms with E-state index in [2.05, 4.69) is 15.2 Å². The first-order valence-corrected chi connectivity index (χ1v) is 12.7. The zero-order chi connectivity index (χ0) is 24.7. The standard InChI is InChI=1S/C24H29Cl2N7O2/c1-14-22-23(33(30-14)15(2)18-6-5-16(25)10-19(18)26)29-21(11-28-22)31-8-9-32(17(12-31)13-34)24(35)20-4-3-7-27-20/h5-6,10-11,15,17,20,27,34H,3-4,7-9,12-13H2,1-2H3. The summed E-state index contributed by atoms with van der Waals surface area (Å²) in [5.74, 6) is 0.766. The molecule has 0 radical (unpaired) electrons. The van der Waals surface area contributed by atoms with E-state index in [1.165, 1.54) is 0 Å². The van der Waals surface area contributed by atoms with Gasteiger partial charge in [0.25, 0.3) is 0 Å². The lowest BCUT2D eigenvalue weighted by Crippen LogP contribution is -2.59. The largest absolute Gasteiger partial charge is 0.394 e. The summed E-state index contributed by atoms with van der Waals surface area (Å²) in [6, 6.07) is 4.81. The average Bonchev–Trinajstić information content (AvgIpc) is 3.51. The highest BCUT2D eigenvalue weighted by molar-refractivity contribution is 6.35. The number of aryl methyl sites for hydroxylation is 1. The molecule has 186 valence electrons. The lowest BCUT2D eigenvalue weighted by Gasteiger charge is -2.42. The minimum Gasteiger partial charge on any atom is -0.394 e. The Morgan fingerprint density at radius 1 is 1.31 bits per heavy atom. The molecule has 11 heteroatoms. The second-order valence-electron chi connectivity index (χ2n) is 9.24. The van der Waals surface area contributed by atoms with Crippen LogP contribution in [0.15, 0.2) is 24.4 Å². The van der Waals surface area contributed by atoms with Gasteiger partial charge in [-0.3, -0.25) is 4.79 Å². The Morgan fingerprint density at radius 3 is 2.86 bits per heavy atom. The molecule has 3 unspecified atom stereocenters. The summed E-state index contributed by atoms with van der Waals surface area (Å²) in [5, 5.41) is 19.2. The van der Waals surface area contributed by atoms with Gasteiger partial charge in [-0.1, -0.05) is 29.3 Å². The number of amides is 1. The predicted octanol–water partition coefficient (Wildman–Crippen LogP) is 2.81. The summed E-state index contributed by atoms with van der Waals surface area (Å²) < 4.78 is 1.84. The molecule has 2 aliphatic heterocycles. The zero-order valence-electron chi connectivity index (χ0n) is 19.8. The molecule has 0 saturated carbocycles. The molecule has 35 heavy (non-hydrogen) atoms. The number of aliphatic hydroxyl groups is 1. The number of nitrogens with zero attached hydrogens (tertiary/aromatic N) is 6. The second-order valence-corrected chi connectivity index (χ2v) is 10.1. The molecular formula is C24H29Cl2N7O2. The van der Waals surface area contributed by atoms with Crippen LogP contribution in [0.5, 0.6) is 0 Å². The normalized spacial score (nSPS) is 21.6. The number of carbonyl (C=O) groups is 1. The van der Waals surface area contributed by atoms with Crippen LogP contribution >= 0.6 is 23.2 Å². The van der Waals surface area contributed by atoms with Gasteiger partial charge >= 0.3 is 0 Å². The van der Waals surface area contributed by atoms with E-state index in [-0.39, 0.29) is 30.6 Å². The Labute approximate surface area is 214 Å². The molecule has 3 aromatic rings. The van der Waals surface area contributed by atoms with Gasteiger partial charge in [0, 0.05) is 29.7 Å². The van der Waals surface area contributed by atoms with Crippen molar-refractivity contribution in [2.45, 2.75) is 44.8 Å². The van der Waals surface area contributed by atoms with Gasteiger partial charge in [-0.25, -0.2) is 14.6 Å². The molecule has 2 aliphatic rings. The number of aliphatic hydroxyl groups excluding tert-OH is 1. The number of fused-ring (bicyclic) bond motifs is 1. The first kappa shape index (κ1) is 24.2. The number of hydrogen-bond donors (Lipinski definition) is 2. The van der Waals surface area contributed by atoms with Crippen LogP contribution in [0.3, 0.4) is 0 Å². The molecule has 0 bridgehead atoms. The number of anilines is 1. The Bertz CT molecular complexity index is 1240. The van der Waals surface area contributed by atoms with E-state index in [0.29, 0.717) is 41.1 Å². The summed E-state index contributed by atoms with van der Waals surface area (Å²) in [4.78, 5) is 26.4. The van der Waals surface area contributed by atoms with Crippen LogP contribution in [-0.2, 0) is 4.79 Å². The average molecular weight is 518 g/mol. The number of carbonyl (C=O) groups excluding carboxylic acids is 1. The summed E-state index contributed by atoms with van der Waals surface area (Å²) >= 11 is 12.6. The van der Waals surface area contributed by atoms with Gasteiger partial charge in [0.05, 0.1) is 36.6 Å². The fraction of sp³-hybridized carbons (Fsp3) is 0.500. The smallest absolute Gasteiger partial charge is 0.240 e. The summed E-state index contributed by atoms with van der Waals surface area (Å²) in [7, 11) is 0. The number of benzene rings is 1. The van der Waals surface area contributed by atoms with Crippen LogP contribution in [0.4, 0.5) is 5.82 Å².